The summed E-state index contributed by atoms with van der Waals surface area (Å²) in [5.74, 6) is -0.488. The summed E-state index contributed by atoms with van der Waals surface area (Å²) in [5, 5.41) is 18.2. The molecule has 2 aromatic rings. The molecule has 0 saturated carbocycles. The van der Waals surface area contributed by atoms with Gasteiger partial charge in [-0.2, -0.15) is 0 Å². The van der Waals surface area contributed by atoms with Gasteiger partial charge in [0.2, 0.25) is 0 Å². The van der Waals surface area contributed by atoms with Crippen LogP contribution in [0.15, 0.2) is 29.6 Å². The van der Waals surface area contributed by atoms with Gasteiger partial charge in [0.25, 0.3) is 0 Å². The van der Waals surface area contributed by atoms with Crippen LogP contribution in [0.25, 0.3) is 0 Å². The number of carbonyl (C=O) groups is 1. The highest BCUT2D eigenvalue weighted by atomic mass is 32.1. The third-order valence-electron chi connectivity index (χ3n) is 3.29. The van der Waals surface area contributed by atoms with E-state index in [9.17, 15) is 14.3 Å². The fourth-order valence-electron chi connectivity index (χ4n) is 2.04. The molecular weight excluding hydrogens is 317 g/mol. The molecule has 124 valence electrons. The number of rotatable bonds is 7. The standard InChI is InChI=1S/C16H20FN3O2S/c1-2-15-20-11(10-23-15)7-8-18-16(22)19-9-14(21)12-5-3-4-6-13(12)17/h3-6,10,14,21H,2,7-9H2,1H3,(H2,18,19,22). The zero-order chi connectivity index (χ0) is 16.7. The Labute approximate surface area is 138 Å². The van der Waals surface area contributed by atoms with E-state index in [0.717, 1.165) is 17.1 Å². The fourth-order valence-corrected chi connectivity index (χ4v) is 2.82. The lowest BCUT2D eigenvalue weighted by Crippen LogP contribution is -2.38. The van der Waals surface area contributed by atoms with Gasteiger partial charge < -0.3 is 15.7 Å². The lowest BCUT2D eigenvalue weighted by atomic mass is 10.1. The monoisotopic (exact) mass is 337 g/mol. The minimum Gasteiger partial charge on any atom is -0.386 e. The molecule has 0 saturated heterocycles. The summed E-state index contributed by atoms with van der Waals surface area (Å²) in [6, 6.07) is 5.56. The van der Waals surface area contributed by atoms with Gasteiger partial charge in [0.05, 0.1) is 16.8 Å². The number of nitrogens with one attached hydrogen (secondary N) is 2. The molecule has 0 spiro atoms. The number of hydrogen-bond acceptors (Lipinski definition) is 4. The van der Waals surface area contributed by atoms with E-state index < -0.39 is 18.0 Å². The first-order valence-corrected chi connectivity index (χ1v) is 8.35. The maximum absolute atomic E-state index is 13.5. The molecule has 2 amide bonds. The Morgan fingerprint density at radius 3 is 2.87 bits per heavy atom. The van der Waals surface area contributed by atoms with E-state index in [-0.39, 0.29) is 12.1 Å². The van der Waals surface area contributed by atoms with E-state index in [0.29, 0.717) is 13.0 Å². The van der Waals surface area contributed by atoms with Crippen LogP contribution in [-0.2, 0) is 12.8 Å². The third-order valence-corrected chi connectivity index (χ3v) is 4.33. The normalized spacial score (nSPS) is 12.0. The van der Waals surface area contributed by atoms with Gasteiger partial charge in [-0.05, 0) is 12.5 Å². The second kappa shape index (κ2) is 8.59. The number of aryl methyl sites for hydroxylation is 1. The number of aliphatic hydroxyl groups excluding tert-OH is 1. The third kappa shape index (κ3) is 5.30. The van der Waals surface area contributed by atoms with Crippen molar-refractivity contribution in [1.82, 2.24) is 15.6 Å². The Morgan fingerprint density at radius 1 is 1.39 bits per heavy atom. The molecule has 23 heavy (non-hydrogen) atoms. The summed E-state index contributed by atoms with van der Waals surface area (Å²) < 4.78 is 13.5. The average molecular weight is 337 g/mol. The molecule has 0 aliphatic rings. The van der Waals surface area contributed by atoms with E-state index in [1.165, 1.54) is 12.1 Å². The number of nitrogens with zero attached hydrogens (tertiary/aromatic N) is 1. The van der Waals surface area contributed by atoms with Gasteiger partial charge in [0.15, 0.2) is 0 Å². The molecule has 3 N–H and O–H groups in total. The number of aliphatic hydroxyl groups is 1. The number of halogens is 1. The van der Waals surface area contributed by atoms with Crippen molar-refractivity contribution in [2.75, 3.05) is 13.1 Å². The van der Waals surface area contributed by atoms with Crippen LogP contribution in [0, 0.1) is 5.82 Å². The van der Waals surface area contributed by atoms with Crippen LogP contribution in [0.3, 0.4) is 0 Å². The van der Waals surface area contributed by atoms with Crippen LogP contribution in [0.1, 0.15) is 29.3 Å². The summed E-state index contributed by atoms with van der Waals surface area (Å²) in [5.41, 5.74) is 1.13. The van der Waals surface area contributed by atoms with E-state index in [2.05, 4.69) is 22.5 Å². The molecule has 0 fully saturated rings. The number of urea groups is 1. The molecule has 1 atom stereocenters. The van der Waals surface area contributed by atoms with Crippen molar-refractivity contribution < 1.29 is 14.3 Å². The number of amides is 2. The summed E-state index contributed by atoms with van der Waals surface area (Å²) in [7, 11) is 0. The first kappa shape index (κ1) is 17.4. The van der Waals surface area contributed by atoms with Crippen LogP contribution in [0.4, 0.5) is 9.18 Å². The van der Waals surface area contributed by atoms with Gasteiger partial charge in [-0.15, -0.1) is 11.3 Å². The Balaban J connectivity index is 1.69. The summed E-state index contributed by atoms with van der Waals surface area (Å²) in [6.07, 6.45) is 0.486. The predicted molar refractivity (Wildman–Crippen MR) is 88.0 cm³/mol. The number of thiazole rings is 1. The van der Waals surface area contributed by atoms with Gasteiger partial charge in [-0.25, -0.2) is 14.2 Å². The summed E-state index contributed by atoms with van der Waals surface area (Å²) in [6.45, 7) is 2.45. The smallest absolute Gasteiger partial charge is 0.314 e. The lowest BCUT2D eigenvalue weighted by molar-refractivity contribution is 0.169. The van der Waals surface area contributed by atoms with Gasteiger partial charge >= 0.3 is 6.03 Å². The van der Waals surface area contributed by atoms with Crippen molar-refractivity contribution >= 4 is 17.4 Å². The highest BCUT2D eigenvalue weighted by molar-refractivity contribution is 7.09. The maximum atomic E-state index is 13.5. The predicted octanol–water partition coefficient (Wildman–Crippen LogP) is 2.42. The highest BCUT2D eigenvalue weighted by Crippen LogP contribution is 2.15. The van der Waals surface area contributed by atoms with Crippen LogP contribution in [0.2, 0.25) is 0 Å². The van der Waals surface area contributed by atoms with Gasteiger partial charge in [0, 0.05) is 30.5 Å². The summed E-state index contributed by atoms with van der Waals surface area (Å²) in [4.78, 5) is 16.1. The van der Waals surface area contributed by atoms with Gasteiger partial charge in [-0.3, -0.25) is 0 Å². The van der Waals surface area contributed by atoms with Crippen molar-refractivity contribution in [2.45, 2.75) is 25.9 Å². The molecule has 7 heteroatoms. The Hall–Kier alpha value is -1.99. The van der Waals surface area contributed by atoms with Crippen molar-refractivity contribution in [2.24, 2.45) is 0 Å². The van der Waals surface area contributed by atoms with E-state index in [4.69, 9.17) is 0 Å². The van der Waals surface area contributed by atoms with Crippen molar-refractivity contribution in [1.29, 1.82) is 0 Å². The lowest BCUT2D eigenvalue weighted by Gasteiger charge is -2.13. The van der Waals surface area contributed by atoms with Gasteiger partial charge in [0.1, 0.15) is 5.82 Å². The molecule has 0 radical (unpaired) electrons. The van der Waals surface area contributed by atoms with Crippen LogP contribution in [-0.4, -0.2) is 29.2 Å². The first-order valence-electron chi connectivity index (χ1n) is 7.47. The van der Waals surface area contributed by atoms with Crippen LogP contribution < -0.4 is 10.6 Å². The molecule has 1 unspecified atom stereocenters. The molecular formula is C16H20FN3O2S. The first-order chi connectivity index (χ1) is 11.1. The molecule has 0 aliphatic carbocycles. The number of benzene rings is 1. The van der Waals surface area contributed by atoms with E-state index in [1.54, 1.807) is 23.5 Å². The van der Waals surface area contributed by atoms with Crippen LogP contribution in [0.5, 0.6) is 0 Å². The number of carbonyl (C=O) groups excluding carboxylic acids is 1. The largest absolute Gasteiger partial charge is 0.386 e. The topological polar surface area (TPSA) is 74.2 Å². The van der Waals surface area contributed by atoms with Gasteiger partial charge in [-0.1, -0.05) is 25.1 Å². The maximum Gasteiger partial charge on any atom is 0.314 e. The molecule has 5 nitrogen and oxygen atoms in total. The minimum absolute atomic E-state index is 0.0521. The Bertz CT molecular complexity index is 648. The zero-order valence-corrected chi connectivity index (χ0v) is 13.7. The Morgan fingerprint density at radius 2 is 2.17 bits per heavy atom. The second-order valence-corrected chi connectivity index (χ2v) is 5.95. The van der Waals surface area contributed by atoms with Crippen LogP contribution >= 0.6 is 11.3 Å². The Kier molecular flexibility index (Phi) is 6.49. The quantitative estimate of drug-likeness (QED) is 0.726. The number of aromatic nitrogens is 1. The fraction of sp³-hybridized carbons (Fsp3) is 0.375. The molecule has 0 bridgehead atoms. The van der Waals surface area contributed by atoms with E-state index in [1.807, 2.05) is 5.38 Å². The molecule has 2 rings (SSSR count). The number of hydrogen-bond donors (Lipinski definition) is 3. The molecule has 0 aliphatic heterocycles. The van der Waals surface area contributed by atoms with Crippen molar-refractivity contribution in [3.63, 3.8) is 0 Å². The molecule has 1 heterocycles. The van der Waals surface area contributed by atoms with Crippen molar-refractivity contribution in [3.8, 4) is 0 Å². The average Bonchev–Trinajstić information content (AvgIpc) is 3.01. The highest BCUT2D eigenvalue weighted by Gasteiger charge is 2.13. The SMILES string of the molecule is CCc1nc(CCNC(=O)NCC(O)c2ccccc2F)cs1. The molecule has 1 aromatic carbocycles. The zero-order valence-electron chi connectivity index (χ0n) is 12.9. The van der Waals surface area contributed by atoms with E-state index >= 15 is 0 Å². The summed E-state index contributed by atoms with van der Waals surface area (Å²) >= 11 is 1.61. The molecule has 1 aromatic heterocycles. The second-order valence-electron chi connectivity index (χ2n) is 5.01. The van der Waals surface area contributed by atoms with Crippen molar-refractivity contribution in [3.05, 3.63) is 51.7 Å². The minimum atomic E-state index is -1.08.